The Kier molecular flexibility index (Phi) is 8.19. The summed E-state index contributed by atoms with van der Waals surface area (Å²) in [5, 5.41) is 9.36. The van der Waals surface area contributed by atoms with Crippen LogP contribution in [0, 0.1) is 0 Å². The van der Waals surface area contributed by atoms with Gasteiger partial charge >= 0.3 is 0 Å². The summed E-state index contributed by atoms with van der Waals surface area (Å²) in [6.45, 7) is 1.89. The van der Waals surface area contributed by atoms with Gasteiger partial charge in [-0.15, -0.1) is 0 Å². The highest BCUT2D eigenvalue weighted by Crippen LogP contribution is 2.09. The largest absolute Gasteiger partial charge is 0.309 e. The van der Waals surface area contributed by atoms with Gasteiger partial charge in [-0.2, -0.15) is 10.2 Å². The summed E-state index contributed by atoms with van der Waals surface area (Å²) in [7, 11) is 8.33. The predicted octanol–water partition coefficient (Wildman–Crippen LogP) is 3.78. The monoisotopic (exact) mass is 350 g/mol. The molecule has 0 N–H and O–H groups in total. The molecule has 2 rings (SSSR count). The lowest BCUT2D eigenvalue weighted by Gasteiger charge is -2.12. The van der Waals surface area contributed by atoms with Crippen molar-refractivity contribution in [3.63, 3.8) is 0 Å². The molecule has 0 atom stereocenters. The Bertz CT molecular complexity index is 640. The minimum atomic E-state index is 0.871. The van der Waals surface area contributed by atoms with Crippen LogP contribution in [0.5, 0.6) is 0 Å². The van der Waals surface area contributed by atoms with Crippen molar-refractivity contribution in [1.82, 2.24) is 9.80 Å². The Morgan fingerprint density at radius 1 is 0.615 bits per heavy atom. The van der Waals surface area contributed by atoms with E-state index in [-0.39, 0.29) is 0 Å². The van der Waals surface area contributed by atoms with E-state index in [0.717, 1.165) is 48.5 Å². The first-order valence-corrected chi connectivity index (χ1v) is 9.10. The van der Waals surface area contributed by atoms with E-state index in [2.05, 4.69) is 72.5 Å². The van der Waals surface area contributed by atoms with Crippen LogP contribution in [-0.4, -0.2) is 62.5 Å². The summed E-state index contributed by atoms with van der Waals surface area (Å²) in [5.41, 5.74) is 4.33. The minimum Gasteiger partial charge on any atom is -0.309 e. The lowest BCUT2D eigenvalue weighted by atomic mass is 10.1. The second-order valence-corrected chi connectivity index (χ2v) is 6.93. The Balaban J connectivity index is 2.32. The van der Waals surface area contributed by atoms with Gasteiger partial charge < -0.3 is 9.80 Å². The van der Waals surface area contributed by atoms with Crippen LogP contribution in [0.4, 0.5) is 0 Å². The van der Waals surface area contributed by atoms with Gasteiger partial charge in [-0.05, 0) is 39.3 Å². The first-order valence-electron chi connectivity index (χ1n) is 9.10. The maximum atomic E-state index is 4.68. The summed E-state index contributed by atoms with van der Waals surface area (Å²) < 4.78 is 0. The van der Waals surface area contributed by atoms with Crippen molar-refractivity contribution in [1.29, 1.82) is 0 Å². The van der Waals surface area contributed by atoms with Crippen LogP contribution in [0.3, 0.4) is 0 Å². The summed E-state index contributed by atoms with van der Waals surface area (Å²) in [4.78, 5) is 4.35. The molecule has 4 nitrogen and oxygen atoms in total. The highest BCUT2D eigenvalue weighted by molar-refractivity contribution is 6.03. The van der Waals surface area contributed by atoms with Crippen molar-refractivity contribution in [2.75, 3.05) is 41.3 Å². The van der Waals surface area contributed by atoms with E-state index in [1.165, 1.54) is 0 Å². The molecular formula is C22H30N4. The topological polar surface area (TPSA) is 31.2 Å². The lowest BCUT2D eigenvalue weighted by Crippen LogP contribution is -2.18. The zero-order valence-electron chi connectivity index (χ0n) is 16.4. The second kappa shape index (κ2) is 10.6. The number of benzene rings is 2. The van der Waals surface area contributed by atoms with Crippen LogP contribution in [0.2, 0.25) is 0 Å². The van der Waals surface area contributed by atoms with Crippen LogP contribution in [0.25, 0.3) is 0 Å². The summed E-state index contributed by atoms with van der Waals surface area (Å²) in [5.74, 6) is 0. The molecule has 0 aliphatic heterocycles. The molecule has 2 aromatic rings. The highest BCUT2D eigenvalue weighted by atomic mass is 15.2. The van der Waals surface area contributed by atoms with Gasteiger partial charge in [-0.1, -0.05) is 60.7 Å². The molecule has 0 saturated heterocycles. The molecule has 0 amide bonds. The van der Waals surface area contributed by atoms with E-state index >= 15 is 0 Å². The van der Waals surface area contributed by atoms with E-state index in [4.69, 9.17) is 0 Å². The van der Waals surface area contributed by atoms with Crippen molar-refractivity contribution in [2.45, 2.75) is 12.8 Å². The van der Waals surface area contributed by atoms with Gasteiger partial charge in [0.1, 0.15) is 0 Å². The summed E-state index contributed by atoms with van der Waals surface area (Å²) in [6, 6.07) is 20.7. The average Bonchev–Trinajstić information content (AvgIpc) is 2.65. The third kappa shape index (κ3) is 6.90. The predicted molar refractivity (Wildman–Crippen MR) is 112 cm³/mol. The number of nitrogens with zero attached hydrogens (tertiary/aromatic N) is 4. The SMILES string of the molecule is CN(C)CC/C(=N/N=C(\CCN(C)C)c1ccccc1)c1ccccc1. The first-order chi connectivity index (χ1) is 12.6. The zero-order chi connectivity index (χ0) is 18.8. The van der Waals surface area contributed by atoms with E-state index in [0.29, 0.717) is 0 Å². The van der Waals surface area contributed by atoms with Gasteiger partial charge in [0.15, 0.2) is 0 Å². The maximum Gasteiger partial charge on any atom is 0.0715 e. The molecule has 0 bridgehead atoms. The molecule has 0 saturated carbocycles. The maximum absolute atomic E-state index is 4.68. The van der Waals surface area contributed by atoms with Crippen molar-refractivity contribution >= 4 is 11.4 Å². The molecule has 4 heteroatoms. The molecule has 0 heterocycles. The molecule has 0 aliphatic rings. The molecule has 0 unspecified atom stereocenters. The molecular weight excluding hydrogens is 320 g/mol. The fraction of sp³-hybridized carbons (Fsp3) is 0.364. The van der Waals surface area contributed by atoms with Gasteiger partial charge in [-0.25, -0.2) is 0 Å². The van der Waals surface area contributed by atoms with E-state index in [1.54, 1.807) is 0 Å². The Morgan fingerprint density at radius 2 is 0.962 bits per heavy atom. The molecule has 0 radical (unpaired) electrons. The molecule has 138 valence electrons. The van der Waals surface area contributed by atoms with E-state index < -0.39 is 0 Å². The van der Waals surface area contributed by atoms with Crippen molar-refractivity contribution in [3.8, 4) is 0 Å². The molecule has 0 fully saturated rings. The van der Waals surface area contributed by atoms with Crippen molar-refractivity contribution < 1.29 is 0 Å². The molecule has 0 aliphatic carbocycles. The lowest BCUT2D eigenvalue weighted by molar-refractivity contribution is 0.421. The van der Waals surface area contributed by atoms with Gasteiger partial charge in [0.25, 0.3) is 0 Å². The fourth-order valence-electron chi connectivity index (χ4n) is 2.54. The third-order valence-electron chi connectivity index (χ3n) is 4.10. The number of hydrogen-bond acceptors (Lipinski definition) is 4. The van der Waals surface area contributed by atoms with E-state index in [9.17, 15) is 0 Å². The summed E-state index contributed by atoms with van der Waals surface area (Å²) in [6.07, 6.45) is 1.74. The van der Waals surface area contributed by atoms with Crippen LogP contribution in [-0.2, 0) is 0 Å². The standard InChI is InChI=1S/C22H30N4/c1-25(2)17-15-21(19-11-7-5-8-12-19)23-24-22(16-18-26(3)4)20-13-9-6-10-14-20/h5-14H,15-18H2,1-4H3/b23-21-,24-22+. The molecule has 0 spiro atoms. The van der Waals surface area contributed by atoms with Gasteiger partial charge in [-0.3, -0.25) is 0 Å². The quantitative estimate of drug-likeness (QED) is 0.509. The van der Waals surface area contributed by atoms with Crippen LogP contribution >= 0.6 is 0 Å². The van der Waals surface area contributed by atoms with Gasteiger partial charge in [0, 0.05) is 25.9 Å². The zero-order valence-corrected chi connectivity index (χ0v) is 16.4. The van der Waals surface area contributed by atoms with Crippen molar-refractivity contribution in [3.05, 3.63) is 71.8 Å². The molecule has 26 heavy (non-hydrogen) atoms. The minimum absolute atomic E-state index is 0.871. The first kappa shape index (κ1) is 20.0. The van der Waals surface area contributed by atoms with Gasteiger partial charge in [0.2, 0.25) is 0 Å². The summed E-state index contributed by atoms with van der Waals surface area (Å²) >= 11 is 0. The smallest absolute Gasteiger partial charge is 0.0715 e. The third-order valence-corrected chi connectivity index (χ3v) is 4.10. The molecule has 0 aromatic heterocycles. The highest BCUT2D eigenvalue weighted by Gasteiger charge is 2.07. The average molecular weight is 351 g/mol. The van der Waals surface area contributed by atoms with Gasteiger partial charge in [0.05, 0.1) is 11.4 Å². The number of rotatable bonds is 9. The molecule has 2 aromatic carbocycles. The Labute approximate surface area is 157 Å². The number of hydrogen-bond donors (Lipinski definition) is 0. The fourth-order valence-corrected chi connectivity index (χ4v) is 2.54. The van der Waals surface area contributed by atoms with E-state index in [1.807, 2.05) is 36.4 Å². The Hall–Kier alpha value is -2.30. The van der Waals surface area contributed by atoms with Crippen LogP contribution in [0.15, 0.2) is 70.9 Å². The Morgan fingerprint density at radius 3 is 1.27 bits per heavy atom. The van der Waals surface area contributed by atoms with Crippen LogP contribution in [0.1, 0.15) is 24.0 Å². The normalized spacial score (nSPS) is 12.8. The van der Waals surface area contributed by atoms with Crippen LogP contribution < -0.4 is 0 Å². The van der Waals surface area contributed by atoms with Crippen molar-refractivity contribution in [2.24, 2.45) is 10.2 Å². The second-order valence-electron chi connectivity index (χ2n) is 6.93.